The van der Waals surface area contributed by atoms with E-state index in [1.54, 1.807) is 26.8 Å². The van der Waals surface area contributed by atoms with Gasteiger partial charge in [0.2, 0.25) is 5.95 Å². The Morgan fingerprint density at radius 3 is 1.96 bits per heavy atom. The third-order valence-corrected chi connectivity index (χ3v) is 9.44. The highest BCUT2D eigenvalue weighted by molar-refractivity contribution is 5.70. The van der Waals surface area contributed by atoms with E-state index in [4.69, 9.17) is 4.74 Å². The summed E-state index contributed by atoms with van der Waals surface area (Å²) < 4.78 is 90.2. The average Bonchev–Trinajstić information content (AvgIpc) is 3.61. The summed E-state index contributed by atoms with van der Waals surface area (Å²) in [4.78, 5) is 41.2. The van der Waals surface area contributed by atoms with Crippen LogP contribution in [0, 0.1) is 5.92 Å². The van der Waals surface area contributed by atoms with Gasteiger partial charge in [-0.15, -0.1) is 0 Å². The Kier molecular flexibility index (Phi) is 10.7. The molecule has 3 atom stereocenters. The Balaban J connectivity index is 1.45. The third-order valence-electron chi connectivity index (χ3n) is 9.44. The SMILES string of the molecule is CC[C@@H]1CC(N(Cc2cc(C(F)(F)F)cc(C(F)(F)F)c2)c2ncc(-n3ccnc3)cn2)C[C@H](CC)N1C(=O)OC1CCC(C(=O)O)CC1. The molecule has 1 aliphatic heterocycles. The van der Waals surface area contributed by atoms with Crippen molar-refractivity contribution in [3.8, 4) is 5.69 Å². The molecule has 3 heterocycles. The van der Waals surface area contributed by atoms with Crippen LogP contribution in [-0.2, 0) is 28.4 Å². The standard InChI is InChI=1S/C33H38F6N6O4/c1-3-24-14-26(15-25(4-2)45(24)31(48)49-28-7-5-21(6-8-28)29(46)47)44(30-41-16-27(17-42-30)43-10-9-40-19-43)18-20-11-22(32(34,35)36)13-23(12-20)33(37,38)39/h9-13,16-17,19,21,24-26,28H,3-8,14-15,18H2,1-2H3,(H,46,47)/t21?,24-,25+,26?,28?. The number of ether oxygens (including phenoxy) is 1. The number of imidazole rings is 1. The van der Waals surface area contributed by atoms with Crippen molar-refractivity contribution in [3.63, 3.8) is 0 Å². The highest BCUT2D eigenvalue weighted by Crippen LogP contribution is 2.38. The van der Waals surface area contributed by atoms with Crippen molar-refractivity contribution in [1.82, 2.24) is 24.4 Å². The lowest BCUT2D eigenvalue weighted by Crippen LogP contribution is -2.57. The Morgan fingerprint density at radius 1 is 0.918 bits per heavy atom. The predicted molar refractivity (Wildman–Crippen MR) is 165 cm³/mol. The molecule has 49 heavy (non-hydrogen) atoms. The van der Waals surface area contributed by atoms with Gasteiger partial charge in [-0.25, -0.2) is 19.7 Å². The summed E-state index contributed by atoms with van der Waals surface area (Å²) in [5, 5.41) is 9.31. The quantitative estimate of drug-likeness (QED) is 0.229. The number of aliphatic carboxylic acids is 1. The molecule has 5 rings (SSSR count). The molecular weight excluding hydrogens is 658 g/mol. The lowest BCUT2D eigenvalue weighted by atomic mass is 9.87. The number of nitrogens with zero attached hydrogens (tertiary/aromatic N) is 6. The molecule has 1 N–H and O–H groups in total. The summed E-state index contributed by atoms with van der Waals surface area (Å²) >= 11 is 0. The van der Waals surface area contributed by atoms with Crippen molar-refractivity contribution < 1.29 is 45.8 Å². The Bertz CT molecular complexity index is 1530. The molecule has 266 valence electrons. The normalized spacial score (nSPS) is 23.3. The van der Waals surface area contributed by atoms with Gasteiger partial charge in [-0.2, -0.15) is 26.3 Å². The summed E-state index contributed by atoms with van der Waals surface area (Å²) in [6.45, 7) is 3.43. The van der Waals surface area contributed by atoms with E-state index in [0.29, 0.717) is 69.2 Å². The Morgan fingerprint density at radius 2 is 1.49 bits per heavy atom. The van der Waals surface area contributed by atoms with Crippen LogP contribution in [0.1, 0.15) is 81.9 Å². The number of halogens is 6. The van der Waals surface area contributed by atoms with Crippen LogP contribution in [0.15, 0.2) is 49.3 Å². The van der Waals surface area contributed by atoms with Gasteiger partial charge in [0.05, 0.1) is 41.5 Å². The van der Waals surface area contributed by atoms with Gasteiger partial charge >= 0.3 is 24.4 Å². The van der Waals surface area contributed by atoms with E-state index >= 15 is 0 Å². The molecule has 2 aliphatic rings. The fraction of sp³-hybridized carbons (Fsp3) is 0.545. The summed E-state index contributed by atoms with van der Waals surface area (Å²) in [6.07, 6.45) is 0.119. The molecule has 2 aromatic heterocycles. The number of carbonyl (C=O) groups is 2. The summed E-state index contributed by atoms with van der Waals surface area (Å²) in [7, 11) is 0. The summed E-state index contributed by atoms with van der Waals surface area (Å²) in [5.41, 5.74) is -2.50. The molecule has 10 nitrogen and oxygen atoms in total. The Labute approximate surface area is 279 Å². The van der Waals surface area contributed by atoms with Crippen molar-refractivity contribution in [3.05, 3.63) is 66.0 Å². The van der Waals surface area contributed by atoms with Crippen molar-refractivity contribution in [1.29, 1.82) is 0 Å². The zero-order valence-corrected chi connectivity index (χ0v) is 27.0. The number of benzene rings is 1. The van der Waals surface area contributed by atoms with E-state index in [9.17, 15) is 41.0 Å². The van der Waals surface area contributed by atoms with E-state index in [0.717, 1.165) is 0 Å². The number of likely N-dealkylation sites (tertiary alicyclic amines) is 1. The molecule has 1 amide bonds. The molecule has 0 spiro atoms. The topological polar surface area (TPSA) is 114 Å². The predicted octanol–water partition coefficient (Wildman–Crippen LogP) is 7.51. The van der Waals surface area contributed by atoms with Crippen LogP contribution < -0.4 is 4.90 Å². The number of anilines is 1. The lowest BCUT2D eigenvalue weighted by molar-refractivity contribution is -0.144. The largest absolute Gasteiger partial charge is 0.481 e. The molecule has 1 saturated heterocycles. The van der Waals surface area contributed by atoms with Crippen LogP contribution in [0.2, 0.25) is 0 Å². The third kappa shape index (κ3) is 8.44. The van der Waals surface area contributed by atoms with E-state index in [1.165, 1.54) is 18.7 Å². The number of carboxylic acids is 1. The maximum absolute atomic E-state index is 13.8. The molecule has 1 aromatic carbocycles. The minimum absolute atomic E-state index is 0.0999. The van der Waals surface area contributed by atoms with Gasteiger partial charge in [0.1, 0.15) is 6.10 Å². The van der Waals surface area contributed by atoms with E-state index in [-0.39, 0.29) is 36.2 Å². The monoisotopic (exact) mass is 696 g/mol. The average molecular weight is 697 g/mol. The van der Waals surface area contributed by atoms with Crippen LogP contribution in [0.4, 0.5) is 37.1 Å². The first-order valence-electron chi connectivity index (χ1n) is 16.2. The van der Waals surface area contributed by atoms with Crippen molar-refractivity contribution in [2.24, 2.45) is 5.92 Å². The van der Waals surface area contributed by atoms with Gasteiger partial charge < -0.3 is 24.2 Å². The molecule has 0 bridgehead atoms. The van der Waals surface area contributed by atoms with Crippen LogP contribution in [0.25, 0.3) is 5.69 Å². The maximum atomic E-state index is 13.8. The van der Waals surface area contributed by atoms with Crippen LogP contribution in [0.5, 0.6) is 0 Å². The minimum Gasteiger partial charge on any atom is -0.481 e. The van der Waals surface area contributed by atoms with Crippen molar-refractivity contribution in [2.75, 3.05) is 4.90 Å². The zero-order chi connectivity index (χ0) is 35.5. The molecule has 0 radical (unpaired) electrons. The van der Waals surface area contributed by atoms with Crippen molar-refractivity contribution >= 4 is 18.0 Å². The summed E-state index contributed by atoms with van der Waals surface area (Å²) in [5.74, 6) is -1.23. The van der Waals surface area contributed by atoms with Gasteiger partial charge in [-0.1, -0.05) is 13.8 Å². The highest BCUT2D eigenvalue weighted by Gasteiger charge is 2.42. The fourth-order valence-corrected chi connectivity index (χ4v) is 6.84. The molecule has 1 unspecified atom stereocenters. The van der Waals surface area contributed by atoms with Crippen molar-refractivity contribution in [2.45, 2.75) is 108 Å². The van der Waals surface area contributed by atoms with Gasteiger partial charge in [0, 0.05) is 37.1 Å². The number of hydrogen-bond acceptors (Lipinski definition) is 7. The number of carbonyl (C=O) groups excluding carboxylic acids is 1. The second-order valence-corrected chi connectivity index (χ2v) is 12.6. The van der Waals surface area contributed by atoms with E-state index in [2.05, 4.69) is 15.0 Å². The lowest BCUT2D eigenvalue weighted by Gasteiger charge is -2.47. The second-order valence-electron chi connectivity index (χ2n) is 12.6. The number of alkyl halides is 6. The molecule has 2 fully saturated rings. The van der Waals surface area contributed by atoms with Gasteiger partial charge in [0.25, 0.3) is 0 Å². The first kappa shape index (κ1) is 35.9. The minimum atomic E-state index is -5.01. The van der Waals surface area contributed by atoms with Gasteiger partial charge in [-0.05, 0) is 75.1 Å². The molecule has 1 saturated carbocycles. The number of rotatable bonds is 9. The van der Waals surface area contributed by atoms with E-state index in [1.807, 2.05) is 13.8 Å². The number of aromatic nitrogens is 4. The molecule has 16 heteroatoms. The molecule has 1 aliphatic carbocycles. The first-order chi connectivity index (χ1) is 23.2. The van der Waals surface area contributed by atoms with Gasteiger partial charge in [0.15, 0.2) is 0 Å². The van der Waals surface area contributed by atoms with Crippen LogP contribution in [-0.4, -0.2) is 65.8 Å². The second kappa shape index (κ2) is 14.6. The van der Waals surface area contributed by atoms with Crippen LogP contribution >= 0.6 is 0 Å². The van der Waals surface area contributed by atoms with Gasteiger partial charge in [-0.3, -0.25) is 4.79 Å². The van der Waals surface area contributed by atoms with E-state index < -0.39 is 53.6 Å². The number of hydrogen-bond donors (Lipinski definition) is 1. The summed E-state index contributed by atoms with van der Waals surface area (Å²) in [6, 6.07) is 0.318. The smallest absolute Gasteiger partial charge is 0.416 e. The maximum Gasteiger partial charge on any atom is 0.416 e. The van der Waals surface area contributed by atoms with Crippen LogP contribution in [0.3, 0.4) is 0 Å². The molecule has 3 aromatic rings. The molecular formula is C33H38F6N6O4. The zero-order valence-electron chi connectivity index (χ0n) is 27.0. The fourth-order valence-electron chi connectivity index (χ4n) is 6.84. The highest BCUT2D eigenvalue weighted by atomic mass is 19.4. The first-order valence-corrected chi connectivity index (χ1v) is 16.2. The number of carboxylic acid groups (broad SMARTS) is 1. The number of piperidine rings is 1. The Hall–Kier alpha value is -4.37. The number of amides is 1.